The number of aromatic nitrogens is 3. The van der Waals surface area contributed by atoms with E-state index in [0.29, 0.717) is 22.5 Å². The van der Waals surface area contributed by atoms with Gasteiger partial charge < -0.3 is 15.4 Å². The van der Waals surface area contributed by atoms with Gasteiger partial charge in [0.1, 0.15) is 5.75 Å². The van der Waals surface area contributed by atoms with Gasteiger partial charge in [-0.15, -0.1) is 5.10 Å². The fourth-order valence-corrected chi connectivity index (χ4v) is 2.52. The molecule has 0 aliphatic carbocycles. The summed E-state index contributed by atoms with van der Waals surface area (Å²) < 4.78 is 5.14. The van der Waals surface area contributed by atoms with Crippen LogP contribution in [-0.2, 0) is 6.42 Å². The van der Waals surface area contributed by atoms with E-state index in [9.17, 15) is 0 Å². The van der Waals surface area contributed by atoms with Crippen LogP contribution in [0, 0.1) is 0 Å². The van der Waals surface area contributed by atoms with Gasteiger partial charge in [-0.3, -0.25) is 0 Å². The Morgan fingerprint density at radius 2 is 1.80 bits per heavy atom. The molecular weight excluding hydrogens is 338 g/mol. The summed E-state index contributed by atoms with van der Waals surface area (Å²) in [7, 11) is 1.58. The predicted octanol–water partition coefficient (Wildman–Crippen LogP) is 4.58. The number of rotatable bonds is 6. The molecule has 7 heteroatoms. The van der Waals surface area contributed by atoms with Gasteiger partial charge in [0.05, 0.1) is 18.3 Å². The number of methoxy groups -OCH3 is 1. The molecule has 0 unspecified atom stereocenters. The van der Waals surface area contributed by atoms with E-state index in [2.05, 4.69) is 44.9 Å². The fraction of sp³-hybridized carbons (Fsp3) is 0.167. The molecule has 2 aromatic carbocycles. The van der Waals surface area contributed by atoms with E-state index in [4.69, 9.17) is 16.3 Å². The zero-order valence-electron chi connectivity index (χ0n) is 14.0. The molecule has 1 heterocycles. The van der Waals surface area contributed by atoms with Gasteiger partial charge in [0.25, 0.3) is 0 Å². The first-order chi connectivity index (χ1) is 12.2. The van der Waals surface area contributed by atoms with Crippen LogP contribution in [0.5, 0.6) is 5.75 Å². The number of nitrogens with one attached hydrogen (secondary N) is 2. The lowest BCUT2D eigenvalue weighted by atomic mass is 10.1. The summed E-state index contributed by atoms with van der Waals surface area (Å²) in [6, 6.07) is 13.5. The summed E-state index contributed by atoms with van der Waals surface area (Å²) in [4.78, 5) is 4.41. The Balaban J connectivity index is 1.73. The third-order valence-corrected chi connectivity index (χ3v) is 3.90. The minimum Gasteiger partial charge on any atom is -0.495 e. The minimum absolute atomic E-state index is 0.411. The lowest BCUT2D eigenvalue weighted by molar-refractivity contribution is 0.415. The van der Waals surface area contributed by atoms with Crippen molar-refractivity contribution in [3.05, 3.63) is 59.2 Å². The molecule has 128 valence electrons. The molecular formula is C18H18ClN5O. The average molecular weight is 356 g/mol. The van der Waals surface area contributed by atoms with Crippen LogP contribution >= 0.6 is 11.6 Å². The molecule has 0 radical (unpaired) electrons. The number of nitrogens with zero attached hydrogens (tertiary/aromatic N) is 3. The molecule has 6 nitrogen and oxygen atoms in total. The Kier molecular flexibility index (Phi) is 5.30. The third-order valence-electron chi connectivity index (χ3n) is 3.60. The maximum Gasteiger partial charge on any atom is 0.249 e. The second kappa shape index (κ2) is 7.81. The Morgan fingerprint density at radius 3 is 2.48 bits per heavy atom. The van der Waals surface area contributed by atoms with E-state index < -0.39 is 0 Å². The fourth-order valence-electron chi connectivity index (χ4n) is 2.26. The highest BCUT2D eigenvalue weighted by atomic mass is 35.5. The number of anilines is 4. The zero-order valence-corrected chi connectivity index (χ0v) is 14.7. The van der Waals surface area contributed by atoms with Crippen LogP contribution in [0.1, 0.15) is 12.5 Å². The minimum atomic E-state index is 0.411. The summed E-state index contributed by atoms with van der Waals surface area (Å²) in [5.74, 6) is 1.59. The van der Waals surface area contributed by atoms with Gasteiger partial charge in [0, 0.05) is 11.4 Å². The van der Waals surface area contributed by atoms with Gasteiger partial charge in [0.2, 0.25) is 5.95 Å². The topological polar surface area (TPSA) is 72.0 Å². The number of aryl methyl sites for hydroxylation is 1. The highest BCUT2D eigenvalue weighted by Crippen LogP contribution is 2.28. The molecule has 0 aliphatic heterocycles. The summed E-state index contributed by atoms with van der Waals surface area (Å²) in [6.07, 6.45) is 2.55. The molecule has 0 spiro atoms. The maximum atomic E-state index is 6.13. The maximum absolute atomic E-state index is 6.13. The quantitative estimate of drug-likeness (QED) is 0.674. The lowest BCUT2D eigenvalue weighted by Crippen LogP contribution is -2.02. The number of ether oxygens (including phenoxy) is 1. The van der Waals surface area contributed by atoms with Crippen molar-refractivity contribution in [3.8, 4) is 5.75 Å². The molecule has 0 atom stereocenters. The van der Waals surface area contributed by atoms with Crippen molar-refractivity contribution >= 4 is 34.7 Å². The van der Waals surface area contributed by atoms with Crippen LogP contribution in [0.15, 0.2) is 48.7 Å². The van der Waals surface area contributed by atoms with Gasteiger partial charge in [-0.05, 0) is 42.3 Å². The molecule has 2 N–H and O–H groups in total. The van der Waals surface area contributed by atoms with Gasteiger partial charge in [-0.1, -0.05) is 30.7 Å². The van der Waals surface area contributed by atoms with E-state index in [-0.39, 0.29) is 0 Å². The molecule has 25 heavy (non-hydrogen) atoms. The number of halogens is 1. The van der Waals surface area contributed by atoms with Crippen molar-refractivity contribution in [2.24, 2.45) is 0 Å². The van der Waals surface area contributed by atoms with Gasteiger partial charge in [-0.2, -0.15) is 10.1 Å². The van der Waals surface area contributed by atoms with Crippen molar-refractivity contribution < 1.29 is 4.74 Å². The van der Waals surface area contributed by atoms with Crippen LogP contribution in [0.3, 0.4) is 0 Å². The number of hydrogen-bond acceptors (Lipinski definition) is 6. The summed E-state index contributed by atoms with van der Waals surface area (Å²) >= 11 is 6.13. The molecule has 3 rings (SSSR count). The zero-order chi connectivity index (χ0) is 17.6. The average Bonchev–Trinajstić information content (AvgIpc) is 2.63. The van der Waals surface area contributed by atoms with Crippen LogP contribution in [-0.4, -0.2) is 22.3 Å². The molecule has 0 aliphatic rings. The Labute approximate surface area is 151 Å². The lowest BCUT2D eigenvalue weighted by Gasteiger charge is -2.09. The van der Waals surface area contributed by atoms with Crippen molar-refractivity contribution in [1.29, 1.82) is 0 Å². The first-order valence-corrected chi connectivity index (χ1v) is 8.22. The van der Waals surface area contributed by atoms with E-state index in [1.54, 1.807) is 25.4 Å². The molecule has 0 amide bonds. The number of benzene rings is 2. The first kappa shape index (κ1) is 17.0. The van der Waals surface area contributed by atoms with Gasteiger partial charge >= 0.3 is 0 Å². The summed E-state index contributed by atoms with van der Waals surface area (Å²) in [5.41, 5.74) is 2.96. The predicted molar refractivity (Wildman–Crippen MR) is 100 cm³/mol. The second-order valence-electron chi connectivity index (χ2n) is 5.32. The Bertz CT molecular complexity index is 854. The van der Waals surface area contributed by atoms with Crippen LogP contribution in [0.25, 0.3) is 0 Å². The number of hydrogen-bond donors (Lipinski definition) is 2. The molecule has 3 aromatic rings. The monoisotopic (exact) mass is 355 g/mol. The van der Waals surface area contributed by atoms with E-state index in [1.807, 2.05) is 18.2 Å². The smallest absolute Gasteiger partial charge is 0.249 e. The van der Waals surface area contributed by atoms with Crippen molar-refractivity contribution in [2.45, 2.75) is 13.3 Å². The molecule has 0 bridgehead atoms. The van der Waals surface area contributed by atoms with Crippen LogP contribution < -0.4 is 15.4 Å². The molecule has 0 saturated carbocycles. The molecule has 1 aromatic heterocycles. The van der Waals surface area contributed by atoms with Gasteiger partial charge in [-0.25, -0.2) is 0 Å². The molecule has 0 saturated heterocycles. The van der Waals surface area contributed by atoms with Gasteiger partial charge in [0.15, 0.2) is 5.82 Å². The van der Waals surface area contributed by atoms with Crippen molar-refractivity contribution in [3.63, 3.8) is 0 Å². The standard InChI is InChI=1S/C18H18ClN5O/c1-3-12-4-6-13(7-5-12)22-18-23-17(11-20-24-18)21-14-8-9-16(25-2)15(19)10-14/h4-11H,3H2,1-2H3,(H2,21,22,23,24). The van der Waals surface area contributed by atoms with Crippen LogP contribution in [0.4, 0.5) is 23.1 Å². The third kappa shape index (κ3) is 4.36. The van der Waals surface area contributed by atoms with E-state index >= 15 is 0 Å². The largest absolute Gasteiger partial charge is 0.495 e. The summed E-state index contributed by atoms with van der Waals surface area (Å²) in [6.45, 7) is 2.12. The second-order valence-corrected chi connectivity index (χ2v) is 5.72. The van der Waals surface area contributed by atoms with Crippen molar-refractivity contribution in [1.82, 2.24) is 15.2 Å². The highest BCUT2D eigenvalue weighted by molar-refractivity contribution is 6.32. The molecule has 0 fully saturated rings. The van der Waals surface area contributed by atoms with Crippen LogP contribution in [0.2, 0.25) is 5.02 Å². The SMILES string of the molecule is CCc1ccc(Nc2nncc(Nc3ccc(OC)c(Cl)c3)n2)cc1. The van der Waals surface area contributed by atoms with Crippen molar-refractivity contribution in [2.75, 3.05) is 17.7 Å². The first-order valence-electron chi connectivity index (χ1n) is 7.84. The van der Waals surface area contributed by atoms with E-state index in [1.165, 1.54) is 5.56 Å². The highest BCUT2D eigenvalue weighted by Gasteiger charge is 2.05. The Morgan fingerprint density at radius 1 is 1.04 bits per heavy atom. The normalized spacial score (nSPS) is 10.4. The Hall–Kier alpha value is -2.86. The van der Waals surface area contributed by atoms with E-state index in [0.717, 1.165) is 17.8 Å². The summed E-state index contributed by atoms with van der Waals surface area (Å²) in [5, 5.41) is 14.8.